The van der Waals surface area contributed by atoms with Gasteiger partial charge in [-0.1, -0.05) is 67.6 Å². The minimum absolute atomic E-state index is 0.0707. The molecule has 46 heavy (non-hydrogen) atoms. The van der Waals surface area contributed by atoms with Gasteiger partial charge < -0.3 is 19.7 Å². The first-order chi connectivity index (χ1) is 22.2. The van der Waals surface area contributed by atoms with E-state index < -0.39 is 21.9 Å². The molecule has 9 nitrogen and oxygen atoms in total. The molecule has 1 aliphatic heterocycles. The maximum atomic E-state index is 14.0. The first-order valence-corrected chi connectivity index (χ1v) is 16.5. The Hall–Kier alpha value is -4.74. The highest BCUT2D eigenvalue weighted by molar-refractivity contribution is 7.89. The Balaban J connectivity index is 1.37. The average molecular weight is 646 g/mol. The van der Waals surface area contributed by atoms with Crippen LogP contribution in [0.25, 0.3) is 0 Å². The van der Waals surface area contributed by atoms with E-state index in [1.165, 1.54) is 24.3 Å². The number of carbonyl (C=O) groups is 2. The molecule has 0 fully saturated rings. The van der Waals surface area contributed by atoms with Crippen LogP contribution in [0, 0.1) is 5.82 Å². The van der Waals surface area contributed by atoms with Gasteiger partial charge in [-0.25, -0.2) is 17.5 Å². The average Bonchev–Trinajstić information content (AvgIpc) is 3.54. The molecule has 5 rings (SSSR count). The Morgan fingerprint density at radius 2 is 1.52 bits per heavy atom. The number of benzene rings is 4. The molecular weight excluding hydrogens is 609 g/mol. The third kappa shape index (κ3) is 8.49. The van der Waals surface area contributed by atoms with Crippen LogP contribution in [0.2, 0.25) is 0 Å². The molecule has 11 heteroatoms. The van der Waals surface area contributed by atoms with Gasteiger partial charge in [0.05, 0.1) is 4.90 Å². The second-order valence-corrected chi connectivity index (χ2v) is 12.7. The highest BCUT2D eigenvalue weighted by atomic mass is 32.2. The maximum Gasteiger partial charge on any atom is 0.243 e. The van der Waals surface area contributed by atoms with Crippen LogP contribution < -0.4 is 19.5 Å². The van der Waals surface area contributed by atoms with Gasteiger partial charge in [0.25, 0.3) is 0 Å². The van der Waals surface area contributed by atoms with E-state index in [2.05, 4.69) is 10.0 Å². The van der Waals surface area contributed by atoms with Crippen molar-refractivity contribution in [3.8, 4) is 11.5 Å². The summed E-state index contributed by atoms with van der Waals surface area (Å²) in [5.41, 5.74) is 3.14. The van der Waals surface area contributed by atoms with Crippen molar-refractivity contribution in [1.82, 2.24) is 14.9 Å². The first-order valence-electron chi connectivity index (χ1n) is 15.0. The maximum absolute atomic E-state index is 14.0. The molecule has 0 aliphatic carbocycles. The second-order valence-electron chi connectivity index (χ2n) is 10.9. The number of fused-ring (bicyclic) bond motifs is 1. The second kappa shape index (κ2) is 15.0. The fraction of sp³-hybridized carbons (Fsp3) is 0.257. The van der Waals surface area contributed by atoms with E-state index in [0.29, 0.717) is 23.5 Å². The summed E-state index contributed by atoms with van der Waals surface area (Å²) in [6.45, 7) is 2.42. The highest BCUT2D eigenvalue weighted by Gasteiger charge is 2.30. The fourth-order valence-electron chi connectivity index (χ4n) is 5.20. The summed E-state index contributed by atoms with van der Waals surface area (Å²) in [4.78, 5) is 29.6. The lowest BCUT2D eigenvalue weighted by Crippen LogP contribution is -2.50. The van der Waals surface area contributed by atoms with Crippen molar-refractivity contribution in [3.63, 3.8) is 0 Å². The van der Waals surface area contributed by atoms with E-state index in [9.17, 15) is 22.4 Å². The number of hydrogen-bond donors (Lipinski definition) is 2. The normalized spacial score (nSPS) is 12.8. The van der Waals surface area contributed by atoms with Gasteiger partial charge in [-0.3, -0.25) is 9.59 Å². The molecule has 1 aliphatic rings. The van der Waals surface area contributed by atoms with E-state index >= 15 is 0 Å². The van der Waals surface area contributed by atoms with Crippen molar-refractivity contribution in [2.24, 2.45) is 0 Å². The van der Waals surface area contributed by atoms with Crippen molar-refractivity contribution < 1.29 is 31.9 Å². The van der Waals surface area contributed by atoms with Gasteiger partial charge in [-0.15, -0.1) is 0 Å². The van der Waals surface area contributed by atoms with Crippen molar-refractivity contribution >= 4 is 21.8 Å². The molecule has 0 saturated heterocycles. The van der Waals surface area contributed by atoms with E-state index in [4.69, 9.17) is 9.47 Å². The van der Waals surface area contributed by atoms with Crippen LogP contribution in [0.5, 0.6) is 11.5 Å². The predicted molar refractivity (Wildman–Crippen MR) is 171 cm³/mol. The number of halogens is 1. The zero-order chi connectivity index (χ0) is 32.5. The molecular formula is C35H36FN3O6S. The van der Waals surface area contributed by atoms with Gasteiger partial charge in [-0.2, -0.15) is 0 Å². The smallest absolute Gasteiger partial charge is 0.243 e. The van der Waals surface area contributed by atoms with Gasteiger partial charge in [0.2, 0.25) is 28.6 Å². The summed E-state index contributed by atoms with van der Waals surface area (Å²) in [5.74, 6) is 0.237. The number of amides is 2. The van der Waals surface area contributed by atoms with Gasteiger partial charge in [0.1, 0.15) is 11.9 Å². The van der Waals surface area contributed by atoms with Gasteiger partial charge >= 0.3 is 0 Å². The third-order valence-electron chi connectivity index (χ3n) is 7.64. The van der Waals surface area contributed by atoms with E-state index in [0.717, 1.165) is 16.7 Å². The summed E-state index contributed by atoms with van der Waals surface area (Å²) in [7, 11) is -3.60. The van der Waals surface area contributed by atoms with Crippen LogP contribution in [-0.4, -0.2) is 44.5 Å². The summed E-state index contributed by atoms with van der Waals surface area (Å²) < 4.78 is 51.7. The van der Waals surface area contributed by atoms with E-state index in [1.807, 2.05) is 42.5 Å². The number of nitrogens with zero attached hydrogens (tertiary/aromatic N) is 1. The quantitative estimate of drug-likeness (QED) is 0.205. The number of rotatable bonds is 14. The first kappa shape index (κ1) is 32.6. The zero-order valence-electron chi connectivity index (χ0n) is 25.4. The lowest BCUT2D eigenvalue weighted by atomic mass is 10.0. The Morgan fingerprint density at radius 3 is 2.24 bits per heavy atom. The van der Waals surface area contributed by atoms with Crippen LogP contribution in [-0.2, 0) is 45.5 Å². The Morgan fingerprint density at radius 1 is 0.848 bits per heavy atom. The zero-order valence-corrected chi connectivity index (χ0v) is 26.3. The molecule has 1 heterocycles. The number of nitrogens with one attached hydrogen (secondary N) is 2. The van der Waals surface area contributed by atoms with E-state index in [-0.39, 0.29) is 56.0 Å². The van der Waals surface area contributed by atoms with Crippen LogP contribution in [0.15, 0.2) is 102 Å². The number of aryl methyl sites for hydroxylation is 1. The van der Waals surface area contributed by atoms with Crippen LogP contribution in [0.1, 0.15) is 35.6 Å². The van der Waals surface area contributed by atoms with Gasteiger partial charge in [-0.05, 0) is 65.1 Å². The molecule has 0 radical (unpaired) electrons. The van der Waals surface area contributed by atoms with Crippen LogP contribution in [0.4, 0.5) is 4.39 Å². The van der Waals surface area contributed by atoms with Crippen LogP contribution in [0.3, 0.4) is 0 Å². The summed E-state index contributed by atoms with van der Waals surface area (Å²) in [6, 6.07) is 26.3. The minimum Gasteiger partial charge on any atom is -0.454 e. The third-order valence-corrected chi connectivity index (χ3v) is 9.20. The molecule has 0 saturated carbocycles. The molecule has 240 valence electrons. The standard InChI is InChI=1S/C35H36FN3O6S/c1-2-38-46(42,43)30-16-10-25(11-17-30)13-19-34(40)39(23-27-8-14-29(36)15-9-27)31(20-26-6-4-3-5-7-26)35(41)37-22-28-12-18-32-33(21-28)45-24-44-32/h3-12,14-18,21,31,38H,2,13,19-20,22-24H2,1H3,(H,37,41)/t31-/m0/s1. The molecule has 4 aromatic rings. The monoisotopic (exact) mass is 645 g/mol. The summed E-state index contributed by atoms with van der Waals surface area (Å²) >= 11 is 0. The van der Waals surface area contributed by atoms with Gasteiger partial charge in [0, 0.05) is 32.5 Å². The highest BCUT2D eigenvalue weighted by Crippen LogP contribution is 2.32. The Kier molecular flexibility index (Phi) is 10.7. The number of sulfonamides is 1. The Bertz CT molecular complexity index is 1750. The summed E-state index contributed by atoms with van der Waals surface area (Å²) in [5, 5.41) is 2.99. The molecule has 1 atom stereocenters. The SMILES string of the molecule is CCNS(=O)(=O)c1ccc(CCC(=O)N(Cc2ccc(F)cc2)[C@@H](Cc2ccccc2)C(=O)NCc2ccc3c(c2)OCO3)cc1. The molecule has 0 spiro atoms. The molecule has 2 N–H and O–H groups in total. The topological polar surface area (TPSA) is 114 Å². The summed E-state index contributed by atoms with van der Waals surface area (Å²) in [6.07, 6.45) is 0.663. The molecule has 0 unspecified atom stereocenters. The Labute approximate surface area is 268 Å². The lowest BCUT2D eigenvalue weighted by molar-refractivity contribution is -0.141. The predicted octanol–water partition coefficient (Wildman–Crippen LogP) is 4.74. The number of carbonyl (C=O) groups excluding carboxylic acids is 2. The largest absolute Gasteiger partial charge is 0.454 e. The van der Waals surface area contributed by atoms with Crippen molar-refractivity contribution in [2.75, 3.05) is 13.3 Å². The molecule has 4 aromatic carbocycles. The van der Waals surface area contributed by atoms with Gasteiger partial charge in [0.15, 0.2) is 11.5 Å². The minimum atomic E-state index is -3.60. The molecule has 0 aromatic heterocycles. The molecule has 2 amide bonds. The lowest BCUT2D eigenvalue weighted by Gasteiger charge is -2.32. The number of hydrogen-bond acceptors (Lipinski definition) is 6. The van der Waals surface area contributed by atoms with E-state index in [1.54, 1.807) is 42.2 Å². The van der Waals surface area contributed by atoms with Crippen LogP contribution >= 0.6 is 0 Å². The van der Waals surface area contributed by atoms with Crippen molar-refractivity contribution in [3.05, 3.63) is 125 Å². The fourth-order valence-corrected chi connectivity index (χ4v) is 6.24. The van der Waals surface area contributed by atoms with Crippen molar-refractivity contribution in [1.29, 1.82) is 0 Å². The number of ether oxygens (including phenoxy) is 2. The van der Waals surface area contributed by atoms with Crippen molar-refractivity contribution in [2.45, 2.75) is 50.2 Å². The molecule has 0 bridgehead atoms.